The maximum Gasteiger partial charge on any atom is 0.272 e. The molecule has 0 radical (unpaired) electrons. The minimum atomic E-state index is -0.394. The third-order valence-electron chi connectivity index (χ3n) is 2.67. The SMILES string of the molecule is CN(C)C(=O)c1ccc(OC2CC2)c(OC(C)(C)C)n1. The fourth-order valence-electron chi connectivity index (χ4n) is 1.59. The van der Waals surface area contributed by atoms with E-state index in [1.165, 1.54) is 4.90 Å². The minimum absolute atomic E-state index is 0.151. The summed E-state index contributed by atoms with van der Waals surface area (Å²) in [5.41, 5.74) is -0.0357. The van der Waals surface area contributed by atoms with E-state index < -0.39 is 5.60 Å². The second-order valence-electron chi connectivity index (χ2n) is 6.23. The van der Waals surface area contributed by atoms with Gasteiger partial charge in [0.2, 0.25) is 0 Å². The highest BCUT2D eigenvalue weighted by Gasteiger charge is 2.27. The van der Waals surface area contributed by atoms with Crippen LogP contribution in [0, 0.1) is 0 Å². The Kier molecular flexibility index (Phi) is 3.88. The van der Waals surface area contributed by atoms with E-state index in [2.05, 4.69) is 4.98 Å². The lowest BCUT2D eigenvalue weighted by Gasteiger charge is -2.22. The fourth-order valence-corrected chi connectivity index (χ4v) is 1.59. The quantitative estimate of drug-likeness (QED) is 0.849. The number of pyridine rings is 1. The van der Waals surface area contributed by atoms with Gasteiger partial charge in [-0.1, -0.05) is 0 Å². The maximum atomic E-state index is 12.0. The number of hydrogen-bond acceptors (Lipinski definition) is 4. The third-order valence-corrected chi connectivity index (χ3v) is 2.67. The van der Waals surface area contributed by atoms with Gasteiger partial charge >= 0.3 is 0 Å². The lowest BCUT2D eigenvalue weighted by molar-refractivity contribution is 0.0813. The first-order chi connectivity index (χ1) is 9.26. The second kappa shape index (κ2) is 5.31. The first-order valence-electron chi connectivity index (χ1n) is 6.84. The highest BCUT2D eigenvalue weighted by molar-refractivity contribution is 5.92. The molecule has 1 saturated carbocycles. The molecule has 1 aliphatic carbocycles. The summed E-state index contributed by atoms with van der Waals surface area (Å²) in [7, 11) is 3.39. The monoisotopic (exact) mass is 278 g/mol. The van der Waals surface area contributed by atoms with Crippen LogP contribution < -0.4 is 9.47 Å². The number of nitrogens with zero attached hydrogens (tertiary/aromatic N) is 2. The van der Waals surface area contributed by atoms with Crippen LogP contribution in [0.2, 0.25) is 0 Å². The smallest absolute Gasteiger partial charge is 0.272 e. The molecule has 2 rings (SSSR count). The molecule has 0 unspecified atom stereocenters. The molecule has 0 aromatic carbocycles. The molecule has 0 saturated heterocycles. The predicted octanol–water partition coefficient (Wildman–Crippen LogP) is 2.50. The Labute approximate surface area is 119 Å². The van der Waals surface area contributed by atoms with Crippen molar-refractivity contribution in [3.05, 3.63) is 17.8 Å². The van der Waals surface area contributed by atoms with Gasteiger partial charge < -0.3 is 14.4 Å². The van der Waals surface area contributed by atoms with Gasteiger partial charge in [-0.15, -0.1) is 0 Å². The van der Waals surface area contributed by atoms with Crippen molar-refractivity contribution in [3.63, 3.8) is 0 Å². The van der Waals surface area contributed by atoms with Gasteiger partial charge in [0.05, 0.1) is 6.10 Å². The number of aromatic nitrogens is 1. The minimum Gasteiger partial charge on any atom is -0.485 e. The van der Waals surface area contributed by atoms with Gasteiger partial charge in [0.1, 0.15) is 11.3 Å². The molecule has 0 aliphatic heterocycles. The molecular weight excluding hydrogens is 256 g/mol. The summed E-state index contributed by atoms with van der Waals surface area (Å²) >= 11 is 0. The molecule has 1 amide bonds. The summed E-state index contributed by atoms with van der Waals surface area (Å²) in [5.74, 6) is 0.844. The number of carbonyl (C=O) groups excluding carboxylic acids is 1. The number of amides is 1. The summed E-state index contributed by atoms with van der Waals surface area (Å²) in [6, 6.07) is 3.44. The molecule has 0 N–H and O–H groups in total. The molecule has 1 aromatic rings. The summed E-state index contributed by atoms with van der Waals surface area (Å²) in [6.07, 6.45) is 2.38. The van der Waals surface area contributed by atoms with Crippen LogP contribution in [0.15, 0.2) is 12.1 Å². The molecule has 5 nitrogen and oxygen atoms in total. The van der Waals surface area contributed by atoms with E-state index in [-0.39, 0.29) is 12.0 Å². The van der Waals surface area contributed by atoms with Gasteiger partial charge in [0.15, 0.2) is 5.75 Å². The van der Waals surface area contributed by atoms with Gasteiger partial charge in [-0.2, -0.15) is 0 Å². The zero-order valence-electron chi connectivity index (χ0n) is 12.8. The fraction of sp³-hybridized carbons (Fsp3) is 0.600. The number of carbonyl (C=O) groups is 1. The van der Waals surface area contributed by atoms with Crippen molar-refractivity contribution in [3.8, 4) is 11.6 Å². The molecule has 1 aliphatic rings. The van der Waals surface area contributed by atoms with E-state index >= 15 is 0 Å². The standard InChI is InChI=1S/C15H22N2O3/c1-15(2,3)20-13-12(19-10-6-7-10)9-8-11(16-13)14(18)17(4)5/h8-10H,6-7H2,1-5H3. The van der Waals surface area contributed by atoms with Crippen LogP contribution >= 0.6 is 0 Å². The van der Waals surface area contributed by atoms with Gasteiger partial charge in [0.25, 0.3) is 11.8 Å². The van der Waals surface area contributed by atoms with E-state index in [0.717, 1.165) is 12.8 Å². The Morgan fingerprint density at radius 3 is 2.45 bits per heavy atom. The normalized spacial score (nSPS) is 14.8. The van der Waals surface area contributed by atoms with Crippen molar-refractivity contribution in [2.45, 2.75) is 45.3 Å². The highest BCUT2D eigenvalue weighted by Crippen LogP contribution is 2.34. The Morgan fingerprint density at radius 1 is 1.30 bits per heavy atom. The van der Waals surface area contributed by atoms with Crippen molar-refractivity contribution in [1.82, 2.24) is 9.88 Å². The number of ether oxygens (including phenoxy) is 2. The van der Waals surface area contributed by atoms with Gasteiger partial charge in [-0.25, -0.2) is 4.98 Å². The molecule has 0 spiro atoms. The van der Waals surface area contributed by atoms with Gasteiger partial charge in [-0.3, -0.25) is 4.79 Å². The Morgan fingerprint density at radius 2 is 1.95 bits per heavy atom. The maximum absolute atomic E-state index is 12.0. The van der Waals surface area contributed by atoms with Gasteiger partial charge in [0, 0.05) is 14.1 Å². The van der Waals surface area contributed by atoms with E-state index in [4.69, 9.17) is 9.47 Å². The van der Waals surface area contributed by atoms with Crippen molar-refractivity contribution >= 4 is 5.91 Å². The molecular formula is C15H22N2O3. The van der Waals surface area contributed by atoms with Crippen LogP contribution in [0.1, 0.15) is 44.1 Å². The Hall–Kier alpha value is -1.78. The first-order valence-corrected chi connectivity index (χ1v) is 6.84. The molecule has 1 aromatic heterocycles. The first kappa shape index (κ1) is 14.6. The van der Waals surface area contributed by atoms with Crippen LogP contribution in [0.4, 0.5) is 0 Å². The zero-order valence-corrected chi connectivity index (χ0v) is 12.8. The Bertz CT molecular complexity index is 502. The van der Waals surface area contributed by atoms with Crippen LogP contribution in [-0.2, 0) is 0 Å². The van der Waals surface area contributed by atoms with Gasteiger partial charge in [-0.05, 0) is 45.7 Å². The molecule has 1 fully saturated rings. The van der Waals surface area contributed by atoms with Crippen molar-refractivity contribution in [2.24, 2.45) is 0 Å². The zero-order chi connectivity index (χ0) is 14.9. The number of hydrogen-bond donors (Lipinski definition) is 0. The Balaban J connectivity index is 2.30. The van der Waals surface area contributed by atoms with E-state index in [1.807, 2.05) is 20.8 Å². The topological polar surface area (TPSA) is 51.7 Å². The van der Waals surface area contributed by atoms with E-state index in [0.29, 0.717) is 17.3 Å². The average molecular weight is 278 g/mol. The second-order valence-corrected chi connectivity index (χ2v) is 6.23. The van der Waals surface area contributed by atoms with E-state index in [9.17, 15) is 4.79 Å². The summed E-state index contributed by atoms with van der Waals surface area (Å²) in [4.78, 5) is 17.8. The van der Waals surface area contributed by atoms with Crippen molar-refractivity contribution in [2.75, 3.05) is 14.1 Å². The van der Waals surface area contributed by atoms with Crippen molar-refractivity contribution in [1.29, 1.82) is 0 Å². The molecule has 0 bridgehead atoms. The molecule has 20 heavy (non-hydrogen) atoms. The summed E-state index contributed by atoms with van der Waals surface area (Å²) < 4.78 is 11.6. The highest BCUT2D eigenvalue weighted by atomic mass is 16.5. The van der Waals surface area contributed by atoms with Crippen LogP contribution in [0.5, 0.6) is 11.6 Å². The average Bonchev–Trinajstić information content (AvgIpc) is 3.12. The molecule has 1 heterocycles. The molecule has 0 atom stereocenters. The molecule has 110 valence electrons. The van der Waals surface area contributed by atoms with Crippen molar-refractivity contribution < 1.29 is 14.3 Å². The third kappa shape index (κ3) is 3.85. The predicted molar refractivity (Wildman–Crippen MR) is 76.3 cm³/mol. The number of rotatable bonds is 4. The summed E-state index contributed by atoms with van der Waals surface area (Å²) in [6.45, 7) is 5.82. The van der Waals surface area contributed by atoms with Crippen LogP contribution in [0.3, 0.4) is 0 Å². The lowest BCUT2D eigenvalue weighted by atomic mass is 10.2. The molecule has 5 heteroatoms. The lowest BCUT2D eigenvalue weighted by Crippen LogP contribution is -2.26. The summed E-state index contributed by atoms with van der Waals surface area (Å²) in [5, 5.41) is 0. The largest absolute Gasteiger partial charge is 0.485 e. The van der Waals surface area contributed by atoms with Crippen LogP contribution in [-0.4, -0.2) is 41.6 Å². The van der Waals surface area contributed by atoms with Crippen LogP contribution in [0.25, 0.3) is 0 Å². The van der Waals surface area contributed by atoms with E-state index in [1.54, 1.807) is 26.2 Å².